The molecule has 0 spiro atoms. The summed E-state index contributed by atoms with van der Waals surface area (Å²) >= 11 is 12.9. The second-order valence-electron chi connectivity index (χ2n) is 12.4. The molecule has 6 aromatic carbocycles. The minimum atomic E-state index is -1.45. The molecule has 0 N–H and O–H groups in total. The van der Waals surface area contributed by atoms with Gasteiger partial charge >= 0.3 is 296 Å². The molecule has 0 saturated carbocycles. The third kappa shape index (κ3) is 4.07. The van der Waals surface area contributed by atoms with E-state index in [0.717, 1.165) is 22.9 Å². The zero-order valence-electron chi connectivity index (χ0n) is 25.3. The van der Waals surface area contributed by atoms with E-state index in [2.05, 4.69) is 143 Å². The molecule has 2 heterocycles. The molecule has 0 radical (unpaired) electrons. The van der Waals surface area contributed by atoms with Crippen molar-refractivity contribution in [2.24, 2.45) is 0 Å². The van der Waals surface area contributed by atoms with Crippen LogP contribution in [0, 0.1) is 0 Å². The third-order valence-electron chi connectivity index (χ3n) is 9.98. The third-order valence-corrected chi connectivity index (χ3v) is 15.4. The number of hydrogen-bond donors (Lipinski definition) is 0. The summed E-state index contributed by atoms with van der Waals surface area (Å²) in [6, 6.07) is 47.8. The number of rotatable bonds is 4. The van der Waals surface area contributed by atoms with E-state index in [1.807, 2.05) is 0 Å². The summed E-state index contributed by atoms with van der Waals surface area (Å²) in [6.07, 6.45) is 1.77. The number of hydrogen-bond acceptors (Lipinski definition) is 0. The van der Waals surface area contributed by atoms with Crippen LogP contribution in [0.15, 0.2) is 133 Å². The summed E-state index contributed by atoms with van der Waals surface area (Å²) in [5, 5.41) is 4.38. The normalized spacial score (nSPS) is 12.7. The zero-order chi connectivity index (χ0) is 31.2. The van der Waals surface area contributed by atoms with Crippen molar-refractivity contribution in [2.45, 2.75) is 12.8 Å². The summed E-state index contributed by atoms with van der Waals surface area (Å²) < 4.78 is 7.57. The van der Waals surface area contributed by atoms with Gasteiger partial charge in [0, 0.05) is 0 Å². The van der Waals surface area contributed by atoms with Crippen LogP contribution in [0.1, 0.15) is 22.3 Å². The van der Waals surface area contributed by atoms with Gasteiger partial charge in [0.05, 0.1) is 0 Å². The Morgan fingerprint density at radius 1 is 0.426 bits per heavy atom. The number of fused-ring (bicyclic) bond motifs is 10. The van der Waals surface area contributed by atoms with Crippen LogP contribution in [0.2, 0.25) is 10.0 Å². The predicted molar refractivity (Wildman–Crippen MR) is 192 cm³/mol. The first-order valence-corrected chi connectivity index (χ1v) is 19.1. The van der Waals surface area contributed by atoms with Crippen molar-refractivity contribution in [3.8, 4) is 33.9 Å². The molecular formula is C42H26Cl2N2Zr. The van der Waals surface area contributed by atoms with E-state index in [0.29, 0.717) is 0 Å². The van der Waals surface area contributed by atoms with Crippen LogP contribution in [0.4, 0.5) is 0 Å². The standard InChI is InChI=1S/2C21H13ClN.Zr/c2*22-15-10-11-17-14(12-15)13-19-18-8-4-5-9-20(18)23(21(17)19)16-6-2-1-3-7-16;/h2*1-11H,13H2;. The van der Waals surface area contributed by atoms with Crippen molar-refractivity contribution in [2.75, 3.05) is 0 Å². The summed E-state index contributed by atoms with van der Waals surface area (Å²) in [5.74, 6) is 0. The Kier molecular flexibility index (Phi) is 6.35. The van der Waals surface area contributed by atoms with E-state index in [1.54, 1.807) is 0 Å². The van der Waals surface area contributed by atoms with Gasteiger partial charge in [-0.25, -0.2) is 0 Å². The second-order valence-corrected chi connectivity index (χ2v) is 16.3. The maximum absolute atomic E-state index is 7.19. The Morgan fingerprint density at radius 3 is 1.28 bits per heavy atom. The molecule has 5 heteroatoms. The van der Waals surface area contributed by atoms with Gasteiger partial charge in [-0.3, -0.25) is 0 Å². The molecule has 0 unspecified atom stereocenters. The maximum atomic E-state index is 7.19. The average molecular weight is 721 g/mol. The summed E-state index contributed by atoms with van der Waals surface area (Å²) in [6.45, 7) is 0. The minimum absolute atomic E-state index is 0.875. The average Bonchev–Trinajstić information content (AvgIpc) is 3.85. The van der Waals surface area contributed by atoms with Gasteiger partial charge in [-0.05, 0) is 0 Å². The Balaban J connectivity index is 1.15. The quantitative estimate of drug-likeness (QED) is 0.171. The van der Waals surface area contributed by atoms with Crippen molar-refractivity contribution < 1.29 is 23.2 Å². The van der Waals surface area contributed by atoms with Crippen LogP contribution in [0.25, 0.3) is 55.7 Å². The molecule has 0 aliphatic heterocycles. The Hall–Kier alpha value is -4.14. The Labute approximate surface area is 294 Å². The van der Waals surface area contributed by atoms with Crippen molar-refractivity contribution >= 4 is 51.6 Å². The number of benzene rings is 6. The first-order valence-electron chi connectivity index (χ1n) is 15.9. The fourth-order valence-electron chi connectivity index (χ4n) is 8.03. The number of nitrogens with zero attached hydrogens (tertiary/aromatic N) is 2. The van der Waals surface area contributed by atoms with E-state index < -0.39 is 23.2 Å². The molecule has 47 heavy (non-hydrogen) atoms. The fraction of sp³-hybridized carbons (Fsp3) is 0.0476. The van der Waals surface area contributed by atoms with Gasteiger partial charge in [0.15, 0.2) is 0 Å². The molecule has 0 saturated heterocycles. The Morgan fingerprint density at radius 2 is 0.830 bits per heavy atom. The first-order chi connectivity index (χ1) is 23.2. The van der Waals surface area contributed by atoms with Crippen molar-refractivity contribution in [1.82, 2.24) is 9.13 Å². The zero-order valence-corrected chi connectivity index (χ0v) is 29.2. The number of aromatic nitrogens is 2. The van der Waals surface area contributed by atoms with Gasteiger partial charge in [-0.1, -0.05) is 0 Å². The number of halogens is 2. The van der Waals surface area contributed by atoms with Gasteiger partial charge in [0.25, 0.3) is 0 Å². The monoisotopic (exact) mass is 718 g/mol. The molecular weight excluding hydrogens is 695 g/mol. The van der Waals surface area contributed by atoms with Crippen molar-refractivity contribution in [1.29, 1.82) is 0 Å². The molecule has 8 aromatic rings. The van der Waals surface area contributed by atoms with Gasteiger partial charge in [-0.15, -0.1) is 0 Å². The number of para-hydroxylation sites is 4. The first kappa shape index (κ1) is 27.9. The SMILES string of the molecule is Clc1ccc2c([c]1[Zr][c]1c(Cl)ccc3c1Cc1c-3n(-c3ccccc3)c3ccccc13)Cc1c-2n(-c2ccccc2)c2ccccc12. The van der Waals surface area contributed by atoms with Crippen molar-refractivity contribution in [3.63, 3.8) is 0 Å². The van der Waals surface area contributed by atoms with Gasteiger partial charge in [0.1, 0.15) is 0 Å². The van der Waals surface area contributed by atoms with Crippen LogP contribution in [0.5, 0.6) is 0 Å². The fourth-order valence-corrected chi connectivity index (χ4v) is 12.4. The molecule has 0 fully saturated rings. The van der Waals surface area contributed by atoms with E-state index in [1.165, 1.54) is 84.5 Å². The second kappa shape index (κ2) is 10.7. The summed E-state index contributed by atoms with van der Waals surface area (Å²) in [7, 11) is 0. The van der Waals surface area contributed by atoms with E-state index in [9.17, 15) is 0 Å². The molecule has 2 aliphatic rings. The van der Waals surface area contributed by atoms with Crippen molar-refractivity contribution in [3.05, 3.63) is 166 Å². The van der Waals surface area contributed by atoms with Crippen LogP contribution in [-0.2, 0) is 36.1 Å². The van der Waals surface area contributed by atoms with Crippen LogP contribution < -0.4 is 6.54 Å². The molecule has 222 valence electrons. The van der Waals surface area contributed by atoms with E-state index in [4.69, 9.17) is 23.2 Å². The van der Waals surface area contributed by atoms with Gasteiger partial charge < -0.3 is 0 Å². The van der Waals surface area contributed by atoms with Gasteiger partial charge in [-0.2, -0.15) is 0 Å². The summed E-state index contributed by atoms with van der Waals surface area (Å²) in [5.41, 5.74) is 15.6. The van der Waals surface area contributed by atoms with Gasteiger partial charge in [0.2, 0.25) is 0 Å². The molecule has 2 aromatic heterocycles. The predicted octanol–water partition coefficient (Wildman–Crippen LogP) is 10.1. The van der Waals surface area contributed by atoms with E-state index in [-0.39, 0.29) is 0 Å². The van der Waals surface area contributed by atoms with E-state index >= 15 is 0 Å². The topological polar surface area (TPSA) is 9.86 Å². The van der Waals surface area contributed by atoms with Crippen LogP contribution in [-0.4, -0.2) is 9.13 Å². The Bertz CT molecular complexity index is 2380. The molecule has 10 rings (SSSR count). The molecule has 0 bridgehead atoms. The molecule has 2 aliphatic carbocycles. The summed E-state index contributed by atoms with van der Waals surface area (Å²) in [4.78, 5) is 0. The molecule has 0 atom stereocenters. The van der Waals surface area contributed by atoms with Crippen LogP contribution >= 0.6 is 23.2 Å². The molecule has 2 nitrogen and oxygen atoms in total. The molecule has 0 amide bonds. The van der Waals surface area contributed by atoms with Crippen LogP contribution in [0.3, 0.4) is 0 Å².